The van der Waals surface area contributed by atoms with Crippen molar-refractivity contribution in [3.8, 4) is 11.1 Å². The van der Waals surface area contributed by atoms with Crippen molar-refractivity contribution < 1.29 is 4.39 Å². The normalized spacial score (nSPS) is 10.7. The van der Waals surface area contributed by atoms with Crippen molar-refractivity contribution in [2.45, 2.75) is 6.42 Å². The minimum absolute atomic E-state index is 0.246. The highest BCUT2D eigenvalue weighted by molar-refractivity contribution is 6.42. The second-order valence-corrected chi connectivity index (χ2v) is 4.79. The first kappa shape index (κ1) is 13.3. The molecule has 0 radical (unpaired) electrons. The summed E-state index contributed by atoms with van der Waals surface area (Å²) >= 11 is 11.8. The molecule has 0 unspecified atom stereocenters. The van der Waals surface area contributed by atoms with Crippen molar-refractivity contribution in [1.82, 2.24) is 0 Å². The maximum atomic E-state index is 13.8. The van der Waals surface area contributed by atoms with Gasteiger partial charge >= 0.3 is 0 Å². The molecule has 0 spiro atoms. The van der Waals surface area contributed by atoms with Gasteiger partial charge in [-0.05, 0) is 47.9 Å². The van der Waals surface area contributed by atoms with Crippen molar-refractivity contribution in [2.24, 2.45) is 5.73 Å². The predicted molar refractivity (Wildman–Crippen MR) is 74.6 cm³/mol. The van der Waals surface area contributed by atoms with Gasteiger partial charge in [0.1, 0.15) is 5.82 Å². The Morgan fingerprint density at radius 1 is 0.944 bits per heavy atom. The summed E-state index contributed by atoms with van der Waals surface area (Å²) in [6.45, 7) is 0.434. The van der Waals surface area contributed by atoms with E-state index in [-0.39, 0.29) is 5.82 Å². The molecule has 2 aromatic carbocycles. The van der Waals surface area contributed by atoms with Crippen LogP contribution in [0.15, 0.2) is 36.4 Å². The second kappa shape index (κ2) is 5.70. The summed E-state index contributed by atoms with van der Waals surface area (Å²) in [5.41, 5.74) is 7.65. The van der Waals surface area contributed by atoms with E-state index in [4.69, 9.17) is 28.9 Å². The van der Waals surface area contributed by atoms with Gasteiger partial charge in [-0.25, -0.2) is 4.39 Å². The van der Waals surface area contributed by atoms with Crippen molar-refractivity contribution in [1.29, 1.82) is 0 Å². The lowest BCUT2D eigenvalue weighted by molar-refractivity contribution is 0.610. The number of halogens is 3. The highest BCUT2D eigenvalue weighted by Crippen LogP contribution is 2.29. The summed E-state index contributed by atoms with van der Waals surface area (Å²) < 4.78 is 13.8. The van der Waals surface area contributed by atoms with Crippen LogP contribution in [0.1, 0.15) is 5.56 Å². The van der Waals surface area contributed by atoms with Gasteiger partial charge in [0.05, 0.1) is 10.0 Å². The van der Waals surface area contributed by atoms with Crippen molar-refractivity contribution in [2.75, 3.05) is 6.54 Å². The fraction of sp³-hybridized carbons (Fsp3) is 0.143. The topological polar surface area (TPSA) is 26.0 Å². The third kappa shape index (κ3) is 2.83. The van der Waals surface area contributed by atoms with Crippen LogP contribution in [-0.2, 0) is 6.42 Å². The molecule has 94 valence electrons. The summed E-state index contributed by atoms with van der Waals surface area (Å²) in [5, 5.41) is 0.946. The zero-order valence-corrected chi connectivity index (χ0v) is 11.1. The molecule has 0 saturated carbocycles. The van der Waals surface area contributed by atoms with Crippen molar-refractivity contribution in [3.05, 3.63) is 57.8 Å². The van der Waals surface area contributed by atoms with Gasteiger partial charge in [0, 0.05) is 0 Å². The van der Waals surface area contributed by atoms with Gasteiger partial charge in [-0.1, -0.05) is 41.4 Å². The van der Waals surface area contributed by atoms with E-state index in [2.05, 4.69) is 0 Å². The Balaban J connectivity index is 2.39. The Hall–Kier alpha value is -1.09. The van der Waals surface area contributed by atoms with Gasteiger partial charge in [0.2, 0.25) is 0 Å². The van der Waals surface area contributed by atoms with Gasteiger partial charge in [0.25, 0.3) is 0 Å². The Labute approximate surface area is 115 Å². The minimum Gasteiger partial charge on any atom is -0.330 e. The molecule has 0 aromatic heterocycles. The summed E-state index contributed by atoms with van der Waals surface area (Å²) in [6, 6.07) is 10.3. The average Bonchev–Trinajstić information content (AvgIpc) is 2.35. The molecule has 0 aliphatic heterocycles. The van der Waals surface area contributed by atoms with Crippen LogP contribution in [0, 0.1) is 5.82 Å². The Bertz CT molecular complexity index is 570. The largest absolute Gasteiger partial charge is 0.330 e. The highest BCUT2D eigenvalue weighted by Gasteiger charge is 2.06. The van der Waals surface area contributed by atoms with Gasteiger partial charge in [-0.15, -0.1) is 0 Å². The predicted octanol–water partition coefficient (Wildman–Crippen LogP) is 4.30. The molecular weight excluding hydrogens is 272 g/mol. The third-order valence-corrected chi connectivity index (χ3v) is 3.46. The molecule has 0 saturated heterocycles. The van der Waals surface area contributed by atoms with E-state index in [0.29, 0.717) is 28.6 Å². The molecule has 4 heteroatoms. The summed E-state index contributed by atoms with van der Waals surface area (Å²) in [6.07, 6.45) is 0.535. The van der Waals surface area contributed by atoms with Crippen LogP contribution in [0.5, 0.6) is 0 Å². The molecule has 0 heterocycles. The first-order valence-corrected chi connectivity index (χ1v) is 6.31. The molecule has 1 nitrogen and oxygen atoms in total. The third-order valence-electron chi connectivity index (χ3n) is 2.72. The first-order chi connectivity index (χ1) is 8.61. The fourth-order valence-electron chi connectivity index (χ4n) is 1.76. The maximum absolute atomic E-state index is 13.8. The van der Waals surface area contributed by atoms with Crippen LogP contribution in [0.3, 0.4) is 0 Å². The molecule has 2 rings (SSSR count). The number of benzene rings is 2. The zero-order chi connectivity index (χ0) is 13.1. The van der Waals surface area contributed by atoms with E-state index in [1.54, 1.807) is 18.2 Å². The number of rotatable bonds is 3. The molecule has 0 bridgehead atoms. The van der Waals surface area contributed by atoms with E-state index in [1.165, 1.54) is 6.07 Å². The lowest BCUT2D eigenvalue weighted by Gasteiger charge is -2.07. The molecule has 0 aliphatic carbocycles. The van der Waals surface area contributed by atoms with Crippen molar-refractivity contribution in [3.63, 3.8) is 0 Å². The molecule has 18 heavy (non-hydrogen) atoms. The van der Waals surface area contributed by atoms with E-state index in [0.717, 1.165) is 11.1 Å². The van der Waals surface area contributed by atoms with Crippen molar-refractivity contribution >= 4 is 23.2 Å². The van der Waals surface area contributed by atoms with Gasteiger partial charge in [0.15, 0.2) is 0 Å². The lowest BCUT2D eigenvalue weighted by atomic mass is 10.0. The summed E-state index contributed by atoms with van der Waals surface area (Å²) in [5.74, 6) is -0.246. The van der Waals surface area contributed by atoms with E-state index < -0.39 is 0 Å². The molecule has 0 aliphatic rings. The van der Waals surface area contributed by atoms with Gasteiger partial charge in [-0.2, -0.15) is 0 Å². The van der Waals surface area contributed by atoms with Crippen LogP contribution in [-0.4, -0.2) is 6.54 Å². The zero-order valence-electron chi connectivity index (χ0n) is 9.59. The molecule has 0 amide bonds. The lowest BCUT2D eigenvalue weighted by Crippen LogP contribution is -2.04. The van der Waals surface area contributed by atoms with Crippen LogP contribution in [0.2, 0.25) is 10.0 Å². The summed E-state index contributed by atoms with van der Waals surface area (Å²) in [7, 11) is 0. The molecule has 2 N–H and O–H groups in total. The standard InChI is InChI=1S/C14H12Cl2FN/c15-12-4-3-10(7-13(12)16)11-2-1-9(5-6-18)14(17)8-11/h1-4,7-8H,5-6,18H2. The van der Waals surface area contributed by atoms with Crippen LogP contribution in [0.25, 0.3) is 11.1 Å². The van der Waals surface area contributed by atoms with E-state index >= 15 is 0 Å². The van der Waals surface area contributed by atoms with E-state index in [9.17, 15) is 4.39 Å². The highest BCUT2D eigenvalue weighted by atomic mass is 35.5. The average molecular weight is 284 g/mol. The molecular formula is C14H12Cl2FN. The number of nitrogens with two attached hydrogens (primary N) is 1. The number of hydrogen-bond donors (Lipinski definition) is 1. The number of hydrogen-bond acceptors (Lipinski definition) is 1. The molecule has 0 fully saturated rings. The quantitative estimate of drug-likeness (QED) is 0.893. The SMILES string of the molecule is NCCc1ccc(-c2ccc(Cl)c(Cl)c2)cc1F. The maximum Gasteiger partial charge on any atom is 0.127 e. The minimum atomic E-state index is -0.246. The van der Waals surface area contributed by atoms with Gasteiger partial charge in [-0.3, -0.25) is 0 Å². The monoisotopic (exact) mass is 283 g/mol. The van der Waals surface area contributed by atoms with Crippen LogP contribution < -0.4 is 5.73 Å². The summed E-state index contributed by atoms with van der Waals surface area (Å²) in [4.78, 5) is 0. The van der Waals surface area contributed by atoms with Gasteiger partial charge < -0.3 is 5.73 Å². The molecule has 0 atom stereocenters. The Kier molecular flexibility index (Phi) is 4.23. The molecule has 2 aromatic rings. The Morgan fingerprint density at radius 2 is 1.61 bits per heavy atom. The smallest absolute Gasteiger partial charge is 0.127 e. The second-order valence-electron chi connectivity index (χ2n) is 3.97. The van der Waals surface area contributed by atoms with Crippen LogP contribution >= 0.6 is 23.2 Å². The van der Waals surface area contributed by atoms with Crippen LogP contribution in [0.4, 0.5) is 4.39 Å². The first-order valence-electron chi connectivity index (χ1n) is 5.55. The Morgan fingerprint density at radius 3 is 2.22 bits per heavy atom. The fourth-order valence-corrected chi connectivity index (χ4v) is 2.06. The van der Waals surface area contributed by atoms with E-state index in [1.807, 2.05) is 12.1 Å².